The van der Waals surface area contributed by atoms with Gasteiger partial charge >= 0.3 is 0 Å². The Morgan fingerprint density at radius 2 is 2.33 bits per heavy atom. The minimum absolute atomic E-state index is 0.313. The molecule has 0 amide bonds. The highest BCUT2D eigenvalue weighted by Gasteiger charge is 2.24. The first kappa shape index (κ1) is 10.6. The zero-order valence-electron chi connectivity index (χ0n) is 8.61. The molecule has 0 spiro atoms. The van der Waals surface area contributed by atoms with Crippen molar-refractivity contribution in [3.05, 3.63) is 17.5 Å². The van der Waals surface area contributed by atoms with Gasteiger partial charge < -0.3 is 10.1 Å². The molecule has 2 unspecified atom stereocenters. The molecule has 5 heteroatoms. The molecule has 2 rings (SSSR count). The molecule has 0 saturated carbocycles. The summed E-state index contributed by atoms with van der Waals surface area (Å²) in [6.45, 7) is 3.78. The van der Waals surface area contributed by atoms with Gasteiger partial charge in [0.25, 0.3) is 0 Å². The van der Waals surface area contributed by atoms with Gasteiger partial charge in [-0.1, -0.05) is 11.6 Å². The number of aromatic nitrogens is 2. The largest absolute Gasteiger partial charge is 0.378 e. The molecule has 1 aromatic heterocycles. The topological polar surface area (TPSA) is 47.0 Å². The second kappa shape index (κ2) is 4.77. The summed E-state index contributed by atoms with van der Waals surface area (Å²) in [5.41, 5.74) is 0. The van der Waals surface area contributed by atoms with Gasteiger partial charge in [-0.05, 0) is 13.3 Å². The van der Waals surface area contributed by atoms with Crippen molar-refractivity contribution in [1.29, 1.82) is 0 Å². The minimum Gasteiger partial charge on any atom is -0.378 e. The van der Waals surface area contributed by atoms with Crippen LogP contribution in [0.2, 0.25) is 5.15 Å². The Bertz CT molecular complexity index is 334. The number of anilines is 1. The SMILES string of the molecule is CC1OCCC1CNc1nccnc1Cl. The zero-order chi connectivity index (χ0) is 10.7. The summed E-state index contributed by atoms with van der Waals surface area (Å²) in [5, 5.41) is 3.62. The van der Waals surface area contributed by atoms with Crippen molar-refractivity contribution in [2.24, 2.45) is 5.92 Å². The predicted molar refractivity (Wildman–Crippen MR) is 59.1 cm³/mol. The van der Waals surface area contributed by atoms with Crippen LogP contribution < -0.4 is 5.32 Å². The van der Waals surface area contributed by atoms with Gasteiger partial charge in [0.15, 0.2) is 11.0 Å². The van der Waals surface area contributed by atoms with Crippen LogP contribution in [0.3, 0.4) is 0 Å². The molecule has 1 fully saturated rings. The molecule has 1 N–H and O–H groups in total. The van der Waals surface area contributed by atoms with E-state index in [9.17, 15) is 0 Å². The van der Waals surface area contributed by atoms with E-state index < -0.39 is 0 Å². The van der Waals surface area contributed by atoms with Crippen LogP contribution in [0.4, 0.5) is 5.82 Å². The van der Waals surface area contributed by atoms with E-state index in [-0.39, 0.29) is 0 Å². The lowest BCUT2D eigenvalue weighted by Crippen LogP contribution is -2.21. The number of nitrogens with one attached hydrogen (secondary N) is 1. The third-order valence-corrected chi connectivity index (χ3v) is 3.00. The first-order valence-electron chi connectivity index (χ1n) is 5.09. The average molecular weight is 228 g/mol. The Kier molecular flexibility index (Phi) is 3.38. The van der Waals surface area contributed by atoms with Gasteiger partial charge in [0.05, 0.1) is 6.10 Å². The standard InChI is InChI=1S/C10H14ClN3O/c1-7-8(2-5-15-7)6-14-10-9(11)12-3-4-13-10/h3-4,7-8H,2,5-6H2,1H3,(H,13,14). The van der Waals surface area contributed by atoms with Gasteiger partial charge in [-0.25, -0.2) is 9.97 Å². The summed E-state index contributed by atoms with van der Waals surface area (Å²) in [6, 6.07) is 0. The van der Waals surface area contributed by atoms with E-state index in [1.807, 2.05) is 0 Å². The minimum atomic E-state index is 0.313. The summed E-state index contributed by atoms with van der Waals surface area (Å²) in [5.74, 6) is 1.18. The second-order valence-corrected chi connectivity index (χ2v) is 4.06. The molecular weight excluding hydrogens is 214 g/mol. The molecule has 0 bridgehead atoms. The van der Waals surface area contributed by atoms with Crippen molar-refractivity contribution in [3.8, 4) is 0 Å². The lowest BCUT2D eigenvalue weighted by atomic mass is 10.0. The third kappa shape index (κ3) is 2.58. The van der Waals surface area contributed by atoms with E-state index in [4.69, 9.17) is 16.3 Å². The third-order valence-electron chi connectivity index (χ3n) is 2.72. The molecule has 1 aliphatic heterocycles. The summed E-state index contributed by atoms with van der Waals surface area (Å²) < 4.78 is 5.48. The Labute approximate surface area is 94.0 Å². The van der Waals surface area contributed by atoms with Crippen molar-refractivity contribution in [2.75, 3.05) is 18.5 Å². The number of ether oxygens (including phenoxy) is 1. The highest BCUT2D eigenvalue weighted by Crippen LogP contribution is 2.22. The van der Waals surface area contributed by atoms with E-state index in [1.165, 1.54) is 0 Å². The van der Waals surface area contributed by atoms with E-state index >= 15 is 0 Å². The van der Waals surface area contributed by atoms with Gasteiger partial charge in [0, 0.05) is 31.5 Å². The molecule has 1 saturated heterocycles. The van der Waals surface area contributed by atoms with Gasteiger partial charge in [-0.2, -0.15) is 0 Å². The lowest BCUT2D eigenvalue weighted by molar-refractivity contribution is 0.108. The van der Waals surface area contributed by atoms with E-state index in [2.05, 4.69) is 22.2 Å². The maximum absolute atomic E-state index is 5.88. The van der Waals surface area contributed by atoms with Crippen molar-refractivity contribution in [3.63, 3.8) is 0 Å². The van der Waals surface area contributed by atoms with Crippen LogP contribution in [0, 0.1) is 5.92 Å². The van der Waals surface area contributed by atoms with Crippen LogP contribution in [-0.2, 0) is 4.74 Å². The second-order valence-electron chi connectivity index (χ2n) is 3.70. The summed E-state index contributed by atoms with van der Waals surface area (Å²) in [7, 11) is 0. The van der Waals surface area contributed by atoms with Crippen molar-refractivity contribution in [2.45, 2.75) is 19.4 Å². The van der Waals surface area contributed by atoms with Crippen molar-refractivity contribution >= 4 is 17.4 Å². The molecule has 4 nitrogen and oxygen atoms in total. The highest BCUT2D eigenvalue weighted by molar-refractivity contribution is 6.31. The van der Waals surface area contributed by atoms with Crippen LogP contribution in [0.5, 0.6) is 0 Å². The Morgan fingerprint density at radius 3 is 3.00 bits per heavy atom. The molecule has 0 aromatic carbocycles. The van der Waals surface area contributed by atoms with Crippen LogP contribution in [0.1, 0.15) is 13.3 Å². The molecular formula is C10H14ClN3O. The summed E-state index contributed by atoms with van der Waals surface area (Å²) in [4.78, 5) is 8.07. The molecule has 1 aromatic rings. The maximum atomic E-state index is 5.88. The van der Waals surface area contributed by atoms with Crippen molar-refractivity contribution in [1.82, 2.24) is 9.97 Å². The Morgan fingerprint density at radius 1 is 1.53 bits per heavy atom. The van der Waals surface area contributed by atoms with E-state index in [1.54, 1.807) is 12.4 Å². The number of nitrogens with zero attached hydrogens (tertiary/aromatic N) is 2. The van der Waals surface area contributed by atoms with Gasteiger partial charge in [-0.15, -0.1) is 0 Å². The van der Waals surface area contributed by atoms with Crippen LogP contribution >= 0.6 is 11.6 Å². The normalized spacial score (nSPS) is 25.5. The van der Waals surface area contributed by atoms with Crippen LogP contribution in [0.25, 0.3) is 0 Å². The molecule has 2 atom stereocenters. The van der Waals surface area contributed by atoms with E-state index in [0.29, 0.717) is 23.0 Å². The van der Waals surface area contributed by atoms with E-state index in [0.717, 1.165) is 19.6 Å². The first-order valence-corrected chi connectivity index (χ1v) is 5.47. The molecule has 15 heavy (non-hydrogen) atoms. The zero-order valence-corrected chi connectivity index (χ0v) is 9.37. The Balaban J connectivity index is 1.90. The monoisotopic (exact) mass is 227 g/mol. The molecule has 0 aliphatic carbocycles. The number of hydrogen-bond acceptors (Lipinski definition) is 4. The fourth-order valence-electron chi connectivity index (χ4n) is 1.71. The predicted octanol–water partition coefficient (Wildman–Crippen LogP) is 1.97. The van der Waals surface area contributed by atoms with Crippen molar-refractivity contribution < 1.29 is 4.74 Å². The first-order chi connectivity index (χ1) is 7.27. The number of rotatable bonds is 3. The van der Waals surface area contributed by atoms with Gasteiger partial charge in [-0.3, -0.25) is 0 Å². The summed E-state index contributed by atoms with van der Waals surface area (Å²) in [6.07, 6.45) is 4.61. The number of hydrogen-bond donors (Lipinski definition) is 1. The molecule has 2 heterocycles. The number of halogens is 1. The molecule has 0 radical (unpaired) electrons. The molecule has 1 aliphatic rings. The molecule has 82 valence electrons. The fraction of sp³-hybridized carbons (Fsp3) is 0.600. The average Bonchev–Trinajstić information content (AvgIpc) is 2.63. The highest BCUT2D eigenvalue weighted by atomic mass is 35.5. The maximum Gasteiger partial charge on any atom is 0.171 e. The van der Waals surface area contributed by atoms with Crippen LogP contribution in [0.15, 0.2) is 12.4 Å². The van der Waals surface area contributed by atoms with Gasteiger partial charge in [0.2, 0.25) is 0 Å². The van der Waals surface area contributed by atoms with Crippen LogP contribution in [-0.4, -0.2) is 29.2 Å². The Hall–Kier alpha value is -0.870. The lowest BCUT2D eigenvalue weighted by Gasteiger charge is -2.15. The quantitative estimate of drug-likeness (QED) is 0.858. The van der Waals surface area contributed by atoms with Gasteiger partial charge in [0.1, 0.15) is 0 Å². The smallest absolute Gasteiger partial charge is 0.171 e. The summed E-state index contributed by atoms with van der Waals surface area (Å²) >= 11 is 5.88. The fourth-order valence-corrected chi connectivity index (χ4v) is 1.88.